The molecule has 22 heavy (non-hydrogen) atoms. The predicted octanol–water partition coefficient (Wildman–Crippen LogP) is 4.32. The summed E-state index contributed by atoms with van der Waals surface area (Å²) in [5, 5.41) is 0. The third-order valence-electron chi connectivity index (χ3n) is 2.94. The summed E-state index contributed by atoms with van der Waals surface area (Å²) in [6.45, 7) is 0. The van der Waals surface area contributed by atoms with E-state index < -0.39 is 11.7 Å². The molecule has 3 heterocycles. The average Bonchev–Trinajstić information content (AvgIpc) is 3.00. The van der Waals surface area contributed by atoms with E-state index in [0.29, 0.717) is 16.1 Å². The summed E-state index contributed by atoms with van der Waals surface area (Å²) in [4.78, 5) is 15.0. The lowest BCUT2D eigenvalue weighted by molar-refractivity contribution is -0.137. The Morgan fingerprint density at radius 2 is 1.86 bits per heavy atom. The van der Waals surface area contributed by atoms with Gasteiger partial charge in [-0.1, -0.05) is 0 Å². The Morgan fingerprint density at radius 3 is 2.45 bits per heavy atom. The molecule has 4 nitrogen and oxygen atoms in total. The van der Waals surface area contributed by atoms with Crippen molar-refractivity contribution in [3.8, 4) is 22.8 Å². The van der Waals surface area contributed by atoms with E-state index in [9.17, 15) is 13.2 Å². The zero-order valence-corrected chi connectivity index (χ0v) is 12.5. The molecule has 0 aliphatic heterocycles. The van der Waals surface area contributed by atoms with Gasteiger partial charge in [0.1, 0.15) is 10.3 Å². The number of halogens is 4. The molecule has 0 bridgehead atoms. The standard InChI is InChI=1S/C14H8BrF3N4/c15-11-4-2-9(14(16,17)18)12(22-11)8-1-3-10(21-7-8)13-19-5-6-20-13/h1-7H,(H,19,20). The molecule has 0 saturated carbocycles. The SMILES string of the molecule is FC(F)(F)c1ccc(Br)nc1-c1ccc(-c2ncc[nH]2)nc1. The number of pyridine rings is 2. The number of nitrogens with one attached hydrogen (secondary N) is 1. The molecular formula is C14H8BrF3N4. The van der Waals surface area contributed by atoms with Crippen molar-refractivity contribution in [2.45, 2.75) is 6.18 Å². The number of aromatic nitrogens is 4. The van der Waals surface area contributed by atoms with E-state index in [1.807, 2.05) is 0 Å². The molecule has 0 radical (unpaired) electrons. The van der Waals surface area contributed by atoms with Crippen molar-refractivity contribution >= 4 is 15.9 Å². The summed E-state index contributed by atoms with van der Waals surface area (Å²) >= 11 is 3.09. The molecule has 3 aromatic heterocycles. The Hall–Kier alpha value is -2.22. The molecule has 8 heteroatoms. The van der Waals surface area contributed by atoms with Gasteiger partial charge in [0.05, 0.1) is 11.3 Å². The highest BCUT2D eigenvalue weighted by Gasteiger charge is 2.34. The van der Waals surface area contributed by atoms with Crippen molar-refractivity contribution in [2.75, 3.05) is 0 Å². The van der Waals surface area contributed by atoms with Gasteiger partial charge in [-0.3, -0.25) is 4.98 Å². The van der Waals surface area contributed by atoms with Crippen LogP contribution in [0.25, 0.3) is 22.8 Å². The second kappa shape index (κ2) is 5.53. The second-order valence-corrected chi connectivity index (χ2v) is 5.21. The molecule has 0 aliphatic carbocycles. The van der Waals surface area contributed by atoms with Crippen molar-refractivity contribution in [3.05, 3.63) is 53.0 Å². The van der Waals surface area contributed by atoms with E-state index in [4.69, 9.17) is 0 Å². The fraction of sp³-hybridized carbons (Fsp3) is 0.0714. The molecular weight excluding hydrogens is 361 g/mol. The van der Waals surface area contributed by atoms with Gasteiger partial charge in [0.15, 0.2) is 5.82 Å². The van der Waals surface area contributed by atoms with E-state index in [0.717, 1.165) is 6.07 Å². The largest absolute Gasteiger partial charge is 0.418 e. The number of hydrogen-bond acceptors (Lipinski definition) is 3. The van der Waals surface area contributed by atoms with Crippen molar-refractivity contribution < 1.29 is 13.2 Å². The van der Waals surface area contributed by atoms with Gasteiger partial charge in [-0.15, -0.1) is 0 Å². The quantitative estimate of drug-likeness (QED) is 0.685. The lowest BCUT2D eigenvalue weighted by atomic mass is 10.1. The number of aromatic amines is 1. The molecule has 0 aromatic carbocycles. The Labute approximate surface area is 131 Å². The van der Waals surface area contributed by atoms with Crippen molar-refractivity contribution in [2.24, 2.45) is 0 Å². The van der Waals surface area contributed by atoms with Gasteiger partial charge in [0, 0.05) is 24.2 Å². The van der Waals surface area contributed by atoms with Crippen LogP contribution in [0.15, 0.2) is 47.5 Å². The molecule has 0 spiro atoms. The first-order valence-corrected chi connectivity index (χ1v) is 6.94. The first-order chi connectivity index (χ1) is 10.4. The number of imidazole rings is 1. The van der Waals surface area contributed by atoms with Crippen molar-refractivity contribution in [3.63, 3.8) is 0 Å². The first-order valence-electron chi connectivity index (χ1n) is 6.15. The molecule has 3 rings (SSSR count). The maximum Gasteiger partial charge on any atom is 0.418 e. The average molecular weight is 369 g/mol. The summed E-state index contributed by atoms with van der Waals surface area (Å²) in [5.74, 6) is 0.546. The summed E-state index contributed by atoms with van der Waals surface area (Å²) in [5.41, 5.74) is -0.148. The van der Waals surface area contributed by atoms with Crippen LogP contribution in [0.1, 0.15) is 5.56 Å². The number of nitrogens with zero attached hydrogens (tertiary/aromatic N) is 3. The van der Waals surface area contributed by atoms with Gasteiger partial charge < -0.3 is 4.98 Å². The van der Waals surface area contributed by atoms with Crippen LogP contribution in [-0.4, -0.2) is 19.9 Å². The second-order valence-electron chi connectivity index (χ2n) is 4.40. The Bertz CT molecular complexity index is 783. The predicted molar refractivity (Wildman–Crippen MR) is 77.8 cm³/mol. The summed E-state index contributed by atoms with van der Waals surface area (Å²) in [6, 6.07) is 5.38. The van der Waals surface area contributed by atoms with Crippen LogP contribution >= 0.6 is 15.9 Å². The van der Waals surface area contributed by atoms with Crippen LogP contribution in [-0.2, 0) is 6.18 Å². The molecule has 0 saturated heterocycles. The maximum atomic E-state index is 13.1. The smallest absolute Gasteiger partial charge is 0.343 e. The van der Waals surface area contributed by atoms with Crippen LogP contribution in [0.3, 0.4) is 0 Å². The zero-order chi connectivity index (χ0) is 15.7. The lowest BCUT2D eigenvalue weighted by Gasteiger charge is -2.12. The molecule has 0 unspecified atom stereocenters. The summed E-state index contributed by atoms with van der Waals surface area (Å²) < 4.78 is 39.6. The Balaban J connectivity index is 2.06. The molecule has 0 aliphatic rings. The molecule has 0 atom stereocenters. The van der Waals surface area contributed by atoms with Crippen LogP contribution in [0.5, 0.6) is 0 Å². The fourth-order valence-corrected chi connectivity index (χ4v) is 2.27. The number of H-pyrrole nitrogens is 1. The summed E-state index contributed by atoms with van der Waals surface area (Å²) in [7, 11) is 0. The van der Waals surface area contributed by atoms with E-state index in [2.05, 4.69) is 35.9 Å². The molecule has 3 aromatic rings. The minimum Gasteiger partial charge on any atom is -0.343 e. The normalized spacial score (nSPS) is 11.6. The third-order valence-corrected chi connectivity index (χ3v) is 3.39. The lowest BCUT2D eigenvalue weighted by Crippen LogP contribution is -2.08. The third kappa shape index (κ3) is 2.87. The van der Waals surface area contributed by atoms with Crippen LogP contribution in [0.4, 0.5) is 13.2 Å². The van der Waals surface area contributed by atoms with Gasteiger partial charge in [0.2, 0.25) is 0 Å². The Morgan fingerprint density at radius 1 is 1.05 bits per heavy atom. The topological polar surface area (TPSA) is 54.5 Å². The Kier molecular flexibility index (Phi) is 3.69. The van der Waals surface area contributed by atoms with Gasteiger partial charge in [-0.25, -0.2) is 9.97 Å². The number of rotatable bonds is 2. The van der Waals surface area contributed by atoms with E-state index >= 15 is 0 Å². The highest BCUT2D eigenvalue weighted by Crippen LogP contribution is 2.36. The number of alkyl halides is 3. The van der Waals surface area contributed by atoms with Gasteiger partial charge >= 0.3 is 6.18 Å². The van der Waals surface area contributed by atoms with E-state index in [1.165, 1.54) is 18.3 Å². The van der Waals surface area contributed by atoms with Crippen molar-refractivity contribution in [1.82, 2.24) is 19.9 Å². The highest BCUT2D eigenvalue weighted by atomic mass is 79.9. The first kappa shape index (κ1) is 14.7. The summed E-state index contributed by atoms with van der Waals surface area (Å²) in [6.07, 6.45) is 0.0790. The zero-order valence-electron chi connectivity index (χ0n) is 10.9. The molecule has 0 fully saturated rings. The molecule has 112 valence electrons. The van der Waals surface area contributed by atoms with Crippen LogP contribution < -0.4 is 0 Å². The number of hydrogen-bond donors (Lipinski definition) is 1. The van der Waals surface area contributed by atoms with Crippen LogP contribution in [0.2, 0.25) is 0 Å². The van der Waals surface area contributed by atoms with E-state index in [-0.39, 0.29) is 11.3 Å². The highest BCUT2D eigenvalue weighted by molar-refractivity contribution is 9.10. The van der Waals surface area contributed by atoms with E-state index in [1.54, 1.807) is 18.5 Å². The van der Waals surface area contributed by atoms with Crippen LogP contribution in [0, 0.1) is 0 Å². The molecule has 0 amide bonds. The molecule has 1 N–H and O–H groups in total. The van der Waals surface area contributed by atoms with Gasteiger partial charge in [-0.05, 0) is 40.2 Å². The van der Waals surface area contributed by atoms with Gasteiger partial charge in [-0.2, -0.15) is 13.2 Å². The minimum atomic E-state index is -4.48. The maximum absolute atomic E-state index is 13.1. The van der Waals surface area contributed by atoms with Gasteiger partial charge in [0.25, 0.3) is 0 Å². The monoisotopic (exact) mass is 368 g/mol. The minimum absolute atomic E-state index is 0.166. The van der Waals surface area contributed by atoms with Crippen molar-refractivity contribution in [1.29, 1.82) is 0 Å². The fourth-order valence-electron chi connectivity index (χ4n) is 1.96.